The van der Waals surface area contributed by atoms with Gasteiger partial charge in [0.2, 0.25) is 0 Å². The monoisotopic (exact) mass is 190 g/mol. The molecule has 0 saturated heterocycles. The topological polar surface area (TPSA) is 84.0 Å². The Morgan fingerprint density at radius 2 is 2.08 bits per heavy atom. The Bertz CT molecular complexity index is 264. The van der Waals surface area contributed by atoms with Crippen LogP contribution >= 0.6 is 0 Å². The van der Waals surface area contributed by atoms with Crippen LogP contribution in [0.2, 0.25) is 0 Å². The highest BCUT2D eigenvalue weighted by Gasteiger charge is 2.24. The van der Waals surface area contributed by atoms with E-state index in [1.807, 2.05) is 0 Å². The van der Waals surface area contributed by atoms with Gasteiger partial charge in [-0.3, -0.25) is 0 Å². The summed E-state index contributed by atoms with van der Waals surface area (Å²) in [6.07, 6.45) is 0.325. The highest BCUT2D eigenvalue weighted by Crippen LogP contribution is 2.06. The first kappa shape index (κ1) is 11.4. The Morgan fingerprint density at radius 3 is 2.33 bits per heavy atom. The van der Waals surface area contributed by atoms with Crippen molar-refractivity contribution in [1.29, 1.82) is 5.26 Å². The van der Waals surface area contributed by atoms with E-state index in [4.69, 9.17) is 11.0 Å². The summed E-state index contributed by atoms with van der Waals surface area (Å²) in [7, 11) is -3.31. The Balaban J connectivity index is 4.52. The molecule has 2 N–H and O–H groups in total. The van der Waals surface area contributed by atoms with Crippen molar-refractivity contribution >= 4 is 9.84 Å². The van der Waals surface area contributed by atoms with E-state index in [-0.39, 0.29) is 5.75 Å². The number of nitrogens with two attached hydrogens (primary N) is 1. The molecule has 70 valence electrons. The van der Waals surface area contributed by atoms with Gasteiger partial charge in [-0.25, -0.2) is 8.42 Å². The van der Waals surface area contributed by atoms with E-state index >= 15 is 0 Å². The van der Waals surface area contributed by atoms with Crippen molar-refractivity contribution in [3.05, 3.63) is 0 Å². The van der Waals surface area contributed by atoms with Gasteiger partial charge in [0.25, 0.3) is 0 Å². The third kappa shape index (κ3) is 3.20. The maximum atomic E-state index is 11.3. The molecule has 0 spiro atoms. The molecule has 0 heterocycles. The second-order valence-corrected chi connectivity index (χ2v) is 5.06. The van der Waals surface area contributed by atoms with Gasteiger partial charge >= 0.3 is 0 Å². The van der Waals surface area contributed by atoms with Gasteiger partial charge in [-0.1, -0.05) is 6.92 Å². The third-order valence-electron chi connectivity index (χ3n) is 1.44. The smallest absolute Gasteiger partial charge is 0.167 e. The molecule has 0 aliphatic heterocycles. The molecular formula is C7H14N2O2S. The summed E-state index contributed by atoms with van der Waals surface area (Å²) >= 11 is 0. The fourth-order valence-electron chi connectivity index (χ4n) is 0.908. The largest absolute Gasteiger partial charge is 0.327 e. The first-order valence-electron chi connectivity index (χ1n) is 3.80. The highest BCUT2D eigenvalue weighted by molar-refractivity contribution is 7.92. The van der Waals surface area contributed by atoms with Crippen LogP contribution in [0.1, 0.15) is 20.3 Å². The van der Waals surface area contributed by atoms with Crippen LogP contribution in [0.5, 0.6) is 0 Å². The second kappa shape index (κ2) is 4.43. The van der Waals surface area contributed by atoms with Crippen molar-refractivity contribution in [2.75, 3.05) is 5.75 Å². The van der Waals surface area contributed by atoms with E-state index in [1.165, 1.54) is 0 Å². The number of hydrogen-bond acceptors (Lipinski definition) is 4. The molecule has 0 bridgehead atoms. The first-order chi connectivity index (χ1) is 5.44. The Morgan fingerprint density at radius 1 is 1.58 bits per heavy atom. The van der Waals surface area contributed by atoms with Crippen LogP contribution in [0.4, 0.5) is 0 Å². The summed E-state index contributed by atoms with van der Waals surface area (Å²) in [6, 6.07) is 1.35. The molecule has 0 fully saturated rings. The normalized spacial score (nSPS) is 16.5. The molecule has 0 aliphatic carbocycles. The zero-order valence-electron chi connectivity index (χ0n) is 7.32. The van der Waals surface area contributed by atoms with Gasteiger partial charge in [-0.2, -0.15) is 5.26 Å². The van der Waals surface area contributed by atoms with E-state index in [2.05, 4.69) is 0 Å². The lowest BCUT2D eigenvalue weighted by Gasteiger charge is -2.09. The second-order valence-electron chi connectivity index (χ2n) is 2.83. The van der Waals surface area contributed by atoms with Crippen molar-refractivity contribution in [3.8, 4) is 6.07 Å². The van der Waals surface area contributed by atoms with E-state index in [0.29, 0.717) is 6.42 Å². The molecule has 2 atom stereocenters. The molecule has 0 saturated carbocycles. The van der Waals surface area contributed by atoms with Crippen LogP contribution in [-0.4, -0.2) is 25.5 Å². The van der Waals surface area contributed by atoms with Gasteiger partial charge in [0.1, 0.15) is 5.25 Å². The van der Waals surface area contributed by atoms with Crippen LogP contribution < -0.4 is 5.73 Å². The summed E-state index contributed by atoms with van der Waals surface area (Å²) in [5, 5.41) is 7.61. The van der Waals surface area contributed by atoms with Crippen molar-refractivity contribution in [2.45, 2.75) is 31.6 Å². The zero-order valence-corrected chi connectivity index (χ0v) is 8.13. The molecule has 12 heavy (non-hydrogen) atoms. The van der Waals surface area contributed by atoms with Crippen LogP contribution in [0, 0.1) is 11.3 Å². The number of sulfone groups is 1. The first-order valence-corrected chi connectivity index (χ1v) is 5.52. The summed E-state index contributed by atoms with van der Waals surface area (Å²) < 4.78 is 22.6. The van der Waals surface area contributed by atoms with Crippen LogP contribution in [-0.2, 0) is 9.84 Å². The SMILES string of the molecule is CCC(C#N)S(=O)(=O)CC(C)N. The Hall–Kier alpha value is -0.600. The molecule has 4 nitrogen and oxygen atoms in total. The molecule has 0 aromatic rings. The number of nitrogens with zero attached hydrogens (tertiary/aromatic N) is 1. The van der Waals surface area contributed by atoms with Crippen LogP contribution in [0.3, 0.4) is 0 Å². The molecule has 2 unspecified atom stereocenters. The number of nitriles is 1. The van der Waals surface area contributed by atoms with E-state index in [9.17, 15) is 8.42 Å². The van der Waals surface area contributed by atoms with E-state index < -0.39 is 21.1 Å². The molecule has 0 amide bonds. The van der Waals surface area contributed by atoms with Gasteiger partial charge < -0.3 is 5.73 Å². The zero-order chi connectivity index (χ0) is 9.78. The van der Waals surface area contributed by atoms with Gasteiger partial charge in [0.05, 0.1) is 11.8 Å². The average molecular weight is 190 g/mol. The van der Waals surface area contributed by atoms with Crippen molar-refractivity contribution in [1.82, 2.24) is 0 Å². The lowest BCUT2D eigenvalue weighted by atomic mass is 10.4. The molecule has 5 heteroatoms. The maximum Gasteiger partial charge on any atom is 0.167 e. The van der Waals surface area contributed by atoms with Crippen molar-refractivity contribution < 1.29 is 8.42 Å². The molecule has 0 aliphatic rings. The third-order valence-corrected chi connectivity index (χ3v) is 3.74. The lowest BCUT2D eigenvalue weighted by Crippen LogP contribution is -2.32. The molecule has 0 aromatic heterocycles. The number of rotatable bonds is 4. The molecule has 0 radical (unpaired) electrons. The Labute approximate surface area is 73.3 Å². The summed E-state index contributed by atoms with van der Waals surface area (Å²) in [5.41, 5.74) is 5.34. The minimum absolute atomic E-state index is 0.112. The highest BCUT2D eigenvalue weighted by atomic mass is 32.2. The van der Waals surface area contributed by atoms with Gasteiger partial charge in [-0.15, -0.1) is 0 Å². The van der Waals surface area contributed by atoms with E-state index in [0.717, 1.165) is 0 Å². The maximum absolute atomic E-state index is 11.3. The molecule has 0 aromatic carbocycles. The van der Waals surface area contributed by atoms with Gasteiger partial charge in [-0.05, 0) is 13.3 Å². The van der Waals surface area contributed by atoms with Crippen molar-refractivity contribution in [2.24, 2.45) is 5.73 Å². The molecule has 0 rings (SSSR count). The quantitative estimate of drug-likeness (QED) is 0.679. The minimum atomic E-state index is -3.31. The summed E-state index contributed by atoms with van der Waals surface area (Å²) in [4.78, 5) is 0. The van der Waals surface area contributed by atoms with Crippen molar-refractivity contribution in [3.63, 3.8) is 0 Å². The fourth-order valence-corrected chi connectivity index (χ4v) is 2.54. The predicted octanol–water partition coefficient (Wildman–Crippen LogP) is 0.0506. The minimum Gasteiger partial charge on any atom is -0.327 e. The fraction of sp³-hybridized carbons (Fsp3) is 0.857. The average Bonchev–Trinajstić information content (AvgIpc) is 1.85. The van der Waals surface area contributed by atoms with Gasteiger partial charge in [0.15, 0.2) is 9.84 Å². The predicted molar refractivity (Wildman–Crippen MR) is 47.1 cm³/mol. The standard InChI is InChI=1S/C7H14N2O2S/c1-3-7(4-8)12(10,11)5-6(2)9/h6-7H,3,5,9H2,1-2H3. The van der Waals surface area contributed by atoms with Gasteiger partial charge in [0, 0.05) is 6.04 Å². The Kier molecular flexibility index (Phi) is 4.21. The van der Waals surface area contributed by atoms with E-state index in [1.54, 1.807) is 19.9 Å². The number of hydrogen-bond donors (Lipinski definition) is 1. The van der Waals surface area contributed by atoms with Crippen LogP contribution in [0.15, 0.2) is 0 Å². The lowest BCUT2D eigenvalue weighted by molar-refractivity contribution is 0.581. The molecular weight excluding hydrogens is 176 g/mol. The van der Waals surface area contributed by atoms with Crippen LogP contribution in [0.25, 0.3) is 0 Å². The summed E-state index contributed by atoms with van der Waals surface area (Å²) in [5.74, 6) is -0.112. The summed E-state index contributed by atoms with van der Waals surface area (Å²) in [6.45, 7) is 3.29.